The van der Waals surface area contributed by atoms with Crippen molar-refractivity contribution in [1.82, 2.24) is 9.21 Å². The first-order valence-corrected chi connectivity index (χ1v) is 11.6. The third-order valence-electron chi connectivity index (χ3n) is 4.82. The van der Waals surface area contributed by atoms with Gasteiger partial charge in [0.2, 0.25) is 10.0 Å². The monoisotopic (exact) mass is 573 g/mol. The lowest BCUT2D eigenvalue weighted by Gasteiger charge is -2.31. The molecule has 1 aliphatic heterocycles. The quantitative estimate of drug-likeness (QED) is 0.573. The second-order valence-electron chi connectivity index (χ2n) is 7.04. The molecule has 32 heavy (non-hydrogen) atoms. The van der Waals surface area contributed by atoms with Crippen LogP contribution in [0.15, 0.2) is 52.4 Å². The summed E-state index contributed by atoms with van der Waals surface area (Å²) in [5.74, 6) is 0.131. The van der Waals surface area contributed by atoms with E-state index in [1.54, 1.807) is 7.05 Å². The summed E-state index contributed by atoms with van der Waals surface area (Å²) in [6.07, 6.45) is -4.44. The Balaban J connectivity index is 0.00000363. The van der Waals surface area contributed by atoms with E-state index in [4.69, 9.17) is 11.6 Å². The number of aliphatic imine (C=N–C) groups is 1. The number of sulfonamides is 1. The number of hydrogen-bond donors (Lipinski definition) is 1. The molecule has 1 aliphatic rings. The first-order chi connectivity index (χ1) is 14.3. The van der Waals surface area contributed by atoms with Gasteiger partial charge in [0.15, 0.2) is 10.9 Å². The van der Waals surface area contributed by atoms with Gasteiger partial charge >= 0.3 is 6.18 Å². The molecule has 1 saturated heterocycles. The highest BCUT2D eigenvalue weighted by molar-refractivity contribution is 8.93. The molecule has 2 aromatic carbocycles. The van der Waals surface area contributed by atoms with E-state index in [2.05, 4.69) is 4.99 Å². The van der Waals surface area contributed by atoms with Crippen LogP contribution >= 0.6 is 40.3 Å². The minimum atomic E-state index is -4.44. The van der Waals surface area contributed by atoms with Crippen LogP contribution in [0.4, 0.5) is 18.9 Å². The third kappa shape index (κ3) is 5.10. The Morgan fingerprint density at radius 1 is 1.19 bits per heavy atom. The zero-order valence-electron chi connectivity index (χ0n) is 17.1. The van der Waals surface area contributed by atoms with Crippen LogP contribution in [0.2, 0.25) is 5.02 Å². The van der Waals surface area contributed by atoms with E-state index in [0.717, 1.165) is 16.4 Å². The first-order valence-electron chi connectivity index (χ1n) is 8.84. The number of thioether (sulfide) groups is 1. The molecule has 1 unspecified atom stereocenters. The van der Waals surface area contributed by atoms with Crippen molar-refractivity contribution in [1.29, 1.82) is 0 Å². The topological polar surface area (TPSA) is 73.2 Å². The number of aliphatic hydroxyl groups is 1. The molecule has 0 radical (unpaired) electrons. The molecule has 13 heteroatoms. The number of halogens is 5. The Morgan fingerprint density at radius 2 is 1.78 bits per heavy atom. The van der Waals surface area contributed by atoms with E-state index in [1.165, 1.54) is 61.1 Å². The van der Waals surface area contributed by atoms with Gasteiger partial charge in [0.25, 0.3) is 0 Å². The fraction of sp³-hybridized carbons (Fsp3) is 0.316. The Hall–Kier alpha value is -1.31. The minimum Gasteiger partial charge on any atom is -0.366 e. The number of nitrogens with zero attached hydrogens (tertiary/aromatic N) is 3. The van der Waals surface area contributed by atoms with Crippen LogP contribution < -0.4 is 0 Å². The maximum Gasteiger partial charge on any atom is 0.416 e. The molecule has 1 fully saturated rings. The van der Waals surface area contributed by atoms with Gasteiger partial charge in [-0.3, -0.25) is 0 Å². The summed E-state index contributed by atoms with van der Waals surface area (Å²) >= 11 is 7.28. The second kappa shape index (κ2) is 9.51. The molecule has 0 bridgehead atoms. The maximum absolute atomic E-state index is 12.7. The lowest BCUT2D eigenvalue weighted by Crippen LogP contribution is -2.42. The lowest BCUT2D eigenvalue weighted by molar-refractivity contribution is -0.137. The Bertz CT molecular complexity index is 1130. The van der Waals surface area contributed by atoms with Gasteiger partial charge in [-0.15, -0.1) is 17.0 Å². The molecule has 0 saturated carbocycles. The molecule has 6 nitrogen and oxygen atoms in total. The highest BCUT2D eigenvalue weighted by atomic mass is 79.9. The molecule has 1 N–H and O–H groups in total. The van der Waals surface area contributed by atoms with Crippen LogP contribution in [0.3, 0.4) is 0 Å². The average Bonchev–Trinajstić information content (AvgIpc) is 2.97. The van der Waals surface area contributed by atoms with Crippen molar-refractivity contribution >= 4 is 61.2 Å². The molecule has 0 aliphatic carbocycles. The van der Waals surface area contributed by atoms with Crippen LogP contribution in [0.5, 0.6) is 0 Å². The average molecular weight is 575 g/mol. The third-order valence-corrected chi connectivity index (χ3v) is 8.28. The summed E-state index contributed by atoms with van der Waals surface area (Å²) in [5, 5.41) is 11.7. The van der Waals surface area contributed by atoms with Crippen LogP contribution in [0.1, 0.15) is 11.1 Å². The Labute approximate surface area is 203 Å². The summed E-state index contributed by atoms with van der Waals surface area (Å²) in [7, 11) is 0.477. The van der Waals surface area contributed by atoms with Crippen molar-refractivity contribution in [2.45, 2.75) is 16.8 Å². The molecule has 1 atom stereocenters. The standard InChI is InChI=1S/C19H19ClF3N3O3S2.BrH/c1-25(2)31(28,29)16-10-13(6-9-15(16)20)18(27)11-30-17(26(18)3)24-14-7-4-12(5-8-14)19(21,22)23;/h4-10,27H,11H2,1-3H3;1H/b24-17+;. The van der Waals surface area contributed by atoms with Crippen molar-refractivity contribution in [3.05, 3.63) is 58.6 Å². The first kappa shape index (κ1) is 26.9. The number of rotatable bonds is 4. The number of benzene rings is 2. The minimum absolute atomic E-state index is 0. The largest absolute Gasteiger partial charge is 0.416 e. The molecule has 0 spiro atoms. The number of amidine groups is 1. The van der Waals surface area contributed by atoms with E-state index in [0.29, 0.717) is 16.4 Å². The van der Waals surface area contributed by atoms with Gasteiger partial charge in [0.05, 0.1) is 22.0 Å². The molecular weight excluding hydrogens is 555 g/mol. The van der Waals surface area contributed by atoms with Gasteiger partial charge < -0.3 is 10.0 Å². The fourth-order valence-corrected chi connectivity index (χ4v) is 5.48. The highest BCUT2D eigenvalue weighted by Gasteiger charge is 2.43. The van der Waals surface area contributed by atoms with Gasteiger partial charge in [-0.05, 0) is 36.4 Å². The molecule has 2 aromatic rings. The zero-order chi connectivity index (χ0) is 23.2. The number of hydrogen-bond acceptors (Lipinski definition) is 5. The second-order valence-corrected chi connectivity index (χ2v) is 10.5. The van der Waals surface area contributed by atoms with E-state index in [-0.39, 0.29) is 32.7 Å². The van der Waals surface area contributed by atoms with Gasteiger partial charge in [-0.1, -0.05) is 29.4 Å². The van der Waals surface area contributed by atoms with Gasteiger partial charge in [-0.25, -0.2) is 17.7 Å². The Kier molecular flexibility index (Phi) is 8.01. The summed E-state index contributed by atoms with van der Waals surface area (Å²) in [4.78, 5) is 5.63. The van der Waals surface area contributed by atoms with E-state index in [1.807, 2.05) is 0 Å². The summed E-state index contributed by atoms with van der Waals surface area (Å²) in [5.41, 5.74) is -1.78. The van der Waals surface area contributed by atoms with E-state index in [9.17, 15) is 26.7 Å². The van der Waals surface area contributed by atoms with Crippen molar-refractivity contribution in [2.75, 3.05) is 26.9 Å². The van der Waals surface area contributed by atoms with Crippen molar-refractivity contribution in [2.24, 2.45) is 4.99 Å². The summed E-state index contributed by atoms with van der Waals surface area (Å²) in [6, 6.07) is 8.59. The van der Waals surface area contributed by atoms with Crippen molar-refractivity contribution in [3.63, 3.8) is 0 Å². The zero-order valence-corrected chi connectivity index (χ0v) is 21.2. The van der Waals surface area contributed by atoms with E-state index >= 15 is 0 Å². The lowest BCUT2D eigenvalue weighted by atomic mass is 10.0. The molecule has 0 amide bonds. The van der Waals surface area contributed by atoms with Gasteiger partial charge in [0.1, 0.15) is 4.90 Å². The smallest absolute Gasteiger partial charge is 0.366 e. The van der Waals surface area contributed by atoms with Gasteiger partial charge in [0, 0.05) is 26.7 Å². The molecule has 3 rings (SSSR count). The van der Waals surface area contributed by atoms with Crippen LogP contribution in [-0.2, 0) is 21.9 Å². The van der Waals surface area contributed by atoms with Crippen LogP contribution in [0.25, 0.3) is 0 Å². The van der Waals surface area contributed by atoms with Crippen molar-refractivity contribution < 1.29 is 26.7 Å². The maximum atomic E-state index is 12.7. The summed E-state index contributed by atoms with van der Waals surface area (Å²) in [6.45, 7) is 0. The van der Waals surface area contributed by atoms with Crippen molar-refractivity contribution in [3.8, 4) is 0 Å². The molecule has 0 aromatic heterocycles. The van der Waals surface area contributed by atoms with E-state index < -0.39 is 27.5 Å². The molecule has 176 valence electrons. The van der Waals surface area contributed by atoms with Crippen LogP contribution in [0, 0.1) is 0 Å². The predicted molar refractivity (Wildman–Crippen MR) is 125 cm³/mol. The fourth-order valence-electron chi connectivity index (χ4n) is 2.88. The SMILES string of the molecule is Br.CN1/C(=N\c2ccc(C(F)(F)F)cc2)SCC1(O)c1ccc(Cl)c(S(=O)(=O)N(C)C)c1. The van der Waals surface area contributed by atoms with Crippen LogP contribution in [-0.4, -0.2) is 54.8 Å². The number of alkyl halides is 3. The predicted octanol–water partition coefficient (Wildman–Crippen LogP) is 4.70. The summed E-state index contributed by atoms with van der Waals surface area (Å²) < 4.78 is 64.3. The normalized spacial score (nSPS) is 20.7. The molecular formula is C19H20BrClF3N3O3S2. The Morgan fingerprint density at radius 3 is 2.31 bits per heavy atom. The molecule has 1 heterocycles. The highest BCUT2D eigenvalue weighted by Crippen LogP contribution is 2.40. The van der Waals surface area contributed by atoms with Gasteiger partial charge in [-0.2, -0.15) is 13.2 Å².